The molecule has 14 heavy (non-hydrogen) atoms. The van der Waals surface area contributed by atoms with Crippen molar-refractivity contribution in [1.82, 2.24) is 4.90 Å². The second-order valence-corrected chi connectivity index (χ2v) is 3.86. The molecule has 0 spiro atoms. The van der Waals surface area contributed by atoms with E-state index in [0.717, 1.165) is 19.5 Å². The van der Waals surface area contributed by atoms with E-state index in [2.05, 4.69) is 32.6 Å². The smallest absolute Gasteiger partial charge is 0.259 e. The second-order valence-electron chi connectivity index (χ2n) is 3.51. The molecule has 0 aromatic carbocycles. The first kappa shape index (κ1) is 13.7. The zero-order valence-corrected chi connectivity index (χ0v) is 10.7. The van der Waals surface area contributed by atoms with Crippen LogP contribution in [0.3, 0.4) is 0 Å². The molecule has 0 aliphatic rings. The Labute approximate surface area is 93.6 Å². The summed E-state index contributed by atoms with van der Waals surface area (Å²) in [6.45, 7) is 10.3. The van der Waals surface area contributed by atoms with Crippen LogP contribution in [0.5, 0.6) is 0 Å². The van der Waals surface area contributed by atoms with Gasteiger partial charge in [-0.15, -0.1) is 0 Å². The van der Waals surface area contributed by atoms with Crippen LogP contribution < -0.4 is 0 Å². The molecule has 0 rings (SSSR count). The molecule has 3 heteroatoms. The summed E-state index contributed by atoms with van der Waals surface area (Å²) in [4.78, 5) is 2.07. The molecule has 0 fully saturated rings. The SMILES string of the molecule is CCCCC(C)OC(=S)N(CC)CC. The molecule has 0 heterocycles. The molecule has 0 aromatic heterocycles. The lowest BCUT2D eigenvalue weighted by Gasteiger charge is -2.24. The van der Waals surface area contributed by atoms with Crippen molar-refractivity contribution in [3.63, 3.8) is 0 Å². The maximum absolute atomic E-state index is 5.65. The van der Waals surface area contributed by atoms with Crippen molar-refractivity contribution in [2.45, 2.75) is 53.1 Å². The highest BCUT2D eigenvalue weighted by Crippen LogP contribution is 2.06. The number of ether oxygens (including phenoxy) is 1. The van der Waals surface area contributed by atoms with Crippen molar-refractivity contribution in [2.24, 2.45) is 0 Å². The lowest BCUT2D eigenvalue weighted by molar-refractivity contribution is 0.164. The predicted octanol–water partition coefficient (Wildman–Crippen LogP) is 3.21. The molecule has 1 atom stereocenters. The first-order valence-electron chi connectivity index (χ1n) is 5.61. The number of hydrogen-bond donors (Lipinski definition) is 0. The maximum Gasteiger partial charge on any atom is 0.259 e. The number of nitrogens with zero attached hydrogens (tertiary/aromatic N) is 1. The average molecular weight is 217 g/mol. The predicted molar refractivity (Wildman–Crippen MR) is 65.6 cm³/mol. The van der Waals surface area contributed by atoms with Crippen molar-refractivity contribution < 1.29 is 4.74 Å². The first-order chi connectivity index (χ1) is 6.65. The topological polar surface area (TPSA) is 12.5 Å². The fraction of sp³-hybridized carbons (Fsp3) is 0.909. The van der Waals surface area contributed by atoms with Crippen LogP contribution in [0.1, 0.15) is 47.0 Å². The van der Waals surface area contributed by atoms with Gasteiger partial charge >= 0.3 is 0 Å². The summed E-state index contributed by atoms with van der Waals surface area (Å²) in [6.07, 6.45) is 3.77. The van der Waals surface area contributed by atoms with Gasteiger partial charge in [-0.05, 0) is 39.4 Å². The molecule has 0 bridgehead atoms. The van der Waals surface area contributed by atoms with E-state index in [1.54, 1.807) is 0 Å². The normalized spacial score (nSPS) is 12.3. The lowest BCUT2D eigenvalue weighted by atomic mass is 10.2. The second kappa shape index (κ2) is 8.04. The van der Waals surface area contributed by atoms with Gasteiger partial charge in [-0.3, -0.25) is 0 Å². The van der Waals surface area contributed by atoms with Crippen LogP contribution in [0.15, 0.2) is 0 Å². The maximum atomic E-state index is 5.65. The largest absolute Gasteiger partial charge is 0.468 e. The third kappa shape index (κ3) is 5.43. The highest BCUT2D eigenvalue weighted by atomic mass is 32.1. The van der Waals surface area contributed by atoms with E-state index in [9.17, 15) is 0 Å². The van der Waals surface area contributed by atoms with Crippen molar-refractivity contribution in [3.8, 4) is 0 Å². The van der Waals surface area contributed by atoms with E-state index < -0.39 is 0 Å². The van der Waals surface area contributed by atoms with Gasteiger partial charge in [-0.2, -0.15) is 0 Å². The van der Waals surface area contributed by atoms with Crippen molar-refractivity contribution in [2.75, 3.05) is 13.1 Å². The highest BCUT2D eigenvalue weighted by molar-refractivity contribution is 7.80. The van der Waals surface area contributed by atoms with Crippen molar-refractivity contribution >= 4 is 17.4 Å². The molecule has 84 valence electrons. The Balaban J connectivity index is 3.79. The third-order valence-electron chi connectivity index (χ3n) is 2.29. The molecule has 0 radical (unpaired) electrons. The van der Waals surface area contributed by atoms with Crippen LogP contribution in [-0.2, 0) is 4.74 Å². The average Bonchev–Trinajstić information content (AvgIpc) is 2.16. The molecule has 0 saturated carbocycles. The number of thiocarbonyl (C=S) groups is 1. The van der Waals surface area contributed by atoms with Gasteiger partial charge in [0.1, 0.15) is 0 Å². The Morgan fingerprint density at radius 2 is 1.86 bits per heavy atom. The van der Waals surface area contributed by atoms with E-state index >= 15 is 0 Å². The zero-order valence-electron chi connectivity index (χ0n) is 9.88. The van der Waals surface area contributed by atoms with Crippen LogP contribution >= 0.6 is 12.2 Å². The fourth-order valence-corrected chi connectivity index (χ4v) is 1.70. The van der Waals surface area contributed by atoms with E-state index in [1.807, 2.05) is 0 Å². The van der Waals surface area contributed by atoms with Crippen molar-refractivity contribution in [3.05, 3.63) is 0 Å². The first-order valence-corrected chi connectivity index (χ1v) is 6.02. The van der Waals surface area contributed by atoms with Crippen LogP contribution in [-0.4, -0.2) is 29.3 Å². The van der Waals surface area contributed by atoms with E-state index in [0.29, 0.717) is 5.17 Å². The van der Waals surface area contributed by atoms with Crippen LogP contribution in [0, 0.1) is 0 Å². The van der Waals surface area contributed by atoms with Crippen LogP contribution in [0.25, 0.3) is 0 Å². The minimum atomic E-state index is 0.253. The zero-order chi connectivity index (χ0) is 11.0. The minimum absolute atomic E-state index is 0.253. The molecule has 0 aliphatic heterocycles. The lowest BCUT2D eigenvalue weighted by Crippen LogP contribution is -2.33. The van der Waals surface area contributed by atoms with E-state index in [1.165, 1.54) is 12.8 Å². The Morgan fingerprint density at radius 3 is 2.29 bits per heavy atom. The number of rotatable bonds is 6. The number of unbranched alkanes of at least 4 members (excludes halogenated alkanes) is 1. The van der Waals surface area contributed by atoms with Gasteiger partial charge in [0.25, 0.3) is 5.17 Å². The Hall–Kier alpha value is -0.310. The summed E-state index contributed by atoms with van der Waals surface area (Å²) in [6, 6.07) is 0. The van der Waals surface area contributed by atoms with Gasteiger partial charge in [-0.25, -0.2) is 0 Å². The molecular weight excluding hydrogens is 194 g/mol. The molecule has 0 aromatic rings. The van der Waals surface area contributed by atoms with Crippen LogP contribution in [0.4, 0.5) is 0 Å². The fourth-order valence-electron chi connectivity index (χ4n) is 1.28. The Bertz CT molecular complexity index is 157. The van der Waals surface area contributed by atoms with Gasteiger partial charge < -0.3 is 9.64 Å². The van der Waals surface area contributed by atoms with E-state index in [4.69, 9.17) is 17.0 Å². The Morgan fingerprint density at radius 1 is 1.29 bits per heavy atom. The number of hydrogen-bond acceptors (Lipinski definition) is 2. The van der Waals surface area contributed by atoms with Gasteiger partial charge in [0.15, 0.2) is 0 Å². The molecular formula is C11H23NOS. The van der Waals surface area contributed by atoms with Gasteiger partial charge in [0.05, 0.1) is 6.10 Å². The van der Waals surface area contributed by atoms with Gasteiger partial charge in [-0.1, -0.05) is 19.8 Å². The summed E-state index contributed by atoms with van der Waals surface area (Å²) < 4.78 is 5.65. The molecule has 2 nitrogen and oxygen atoms in total. The molecule has 0 N–H and O–H groups in total. The summed E-state index contributed by atoms with van der Waals surface area (Å²) >= 11 is 5.20. The monoisotopic (exact) mass is 217 g/mol. The molecule has 0 aliphatic carbocycles. The Kier molecular flexibility index (Phi) is 7.86. The summed E-state index contributed by atoms with van der Waals surface area (Å²) in [5.41, 5.74) is 0. The van der Waals surface area contributed by atoms with E-state index in [-0.39, 0.29) is 6.10 Å². The molecule has 1 unspecified atom stereocenters. The third-order valence-corrected chi connectivity index (χ3v) is 2.64. The standard InChI is InChI=1S/C11H23NOS/c1-5-8-9-10(4)13-11(14)12(6-2)7-3/h10H,5-9H2,1-4H3. The summed E-state index contributed by atoms with van der Waals surface area (Å²) in [5.74, 6) is 0. The summed E-state index contributed by atoms with van der Waals surface area (Å²) in [7, 11) is 0. The molecule has 0 saturated heterocycles. The minimum Gasteiger partial charge on any atom is -0.468 e. The molecule has 0 amide bonds. The highest BCUT2D eigenvalue weighted by Gasteiger charge is 2.10. The van der Waals surface area contributed by atoms with Gasteiger partial charge in [0, 0.05) is 13.1 Å². The van der Waals surface area contributed by atoms with Gasteiger partial charge in [0.2, 0.25) is 0 Å². The van der Waals surface area contributed by atoms with Crippen molar-refractivity contribution in [1.29, 1.82) is 0 Å². The quantitative estimate of drug-likeness (QED) is 0.634. The summed E-state index contributed by atoms with van der Waals surface area (Å²) in [5, 5.41) is 0.651. The van der Waals surface area contributed by atoms with Crippen LogP contribution in [0.2, 0.25) is 0 Å².